The zero-order chi connectivity index (χ0) is 42.8. The van der Waals surface area contributed by atoms with E-state index in [1.165, 1.54) is 19.3 Å². The van der Waals surface area contributed by atoms with Gasteiger partial charge < -0.3 is 29.7 Å². The summed E-state index contributed by atoms with van der Waals surface area (Å²) in [7, 11) is -4.66. The monoisotopic (exact) mass is 835 g/mol. The van der Waals surface area contributed by atoms with Gasteiger partial charge in [0, 0.05) is 12.8 Å². The Morgan fingerprint density at radius 1 is 0.603 bits per heavy atom. The maximum absolute atomic E-state index is 12.6. The Kier molecular flexibility index (Phi) is 38.4. The van der Waals surface area contributed by atoms with E-state index in [-0.39, 0.29) is 19.4 Å². The Bertz CT molecular complexity index is 1300. The van der Waals surface area contributed by atoms with Crippen LogP contribution in [-0.4, -0.2) is 76.9 Å². The molecule has 0 amide bonds. The van der Waals surface area contributed by atoms with Crippen LogP contribution in [0, 0.1) is 0 Å². The number of phosphoric ester groups is 1. The summed E-state index contributed by atoms with van der Waals surface area (Å²) in [5.74, 6) is -1.08. The molecule has 0 aromatic rings. The van der Waals surface area contributed by atoms with Crippen LogP contribution in [0.3, 0.4) is 0 Å². The quantitative estimate of drug-likeness (QED) is 0.0154. The van der Waals surface area contributed by atoms with Gasteiger partial charge in [0.1, 0.15) is 12.7 Å². The minimum absolute atomic E-state index is 0.0270. The van der Waals surface area contributed by atoms with E-state index in [2.05, 4.69) is 54.8 Å². The van der Waals surface area contributed by atoms with Crippen LogP contribution in [0.2, 0.25) is 0 Å². The maximum atomic E-state index is 12.6. The van der Waals surface area contributed by atoms with Crippen molar-refractivity contribution in [3.63, 3.8) is 0 Å². The molecule has 0 aliphatic rings. The molecule has 0 spiro atoms. The van der Waals surface area contributed by atoms with Gasteiger partial charge in [-0.05, 0) is 77.0 Å². The average Bonchev–Trinajstić information content (AvgIpc) is 3.21. The lowest BCUT2D eigenvalue weighted by atomic mass is 10.1. The molecule has 0 saturated heterocycles. The Hall–Kier alpha value is -3.15. The topological polar surface area (TPSA) is 169 Å². The maximum Gasteiger partial charge on any atom is 0.472 e. The smallest absolute Gasteiger partial charge is 0.462 e. The molecule has 0 bridgehead atoms. The number of unbranched alkanes of at least 4 members (excludes halogenated alkanes) is 8. The Labute approximate surface area is 349 Å². The van der Waals surface area contributed by atoms with Gasteiger partial charge in [0.15, 0.2) is 6.10 Å². The predicted molar refractivity (Wildman–Crippen MR) is 234 cm³/mol. The summed E-state index contributed by atoms with van der Waals surface area (Å²) in [6.07, 6.45) is 45.5. The van der Waals surface area contributed by atoms with Crippen LogP contribution in [0.5, 0.6) is 0 Å². The van der Waals surface area contributed by atoms with Crippen molar-refractivity contribution in [2.75, 3.05) is 26.4 Å². The van der Waals surface area contributed by atoms with E-state index in [9.17, 15) is 29.3 Å². The molecule has 0 fully saturated rings. The third kappa shape index (κ3) is 39.7. The number of phosphoric acid groups is 1. The number of esters is 2. The van der Waals surface area contributed by atoms with Crippen molar-refractivity contribution in [1.29, 1.82) is 0 Å². The molecular weight excluding hydrogens is 759 g/mol. The molecular formula is C46H75O11P. The zero-order valence-electron chi connectivity index (χ0n) is 35.3. The summed E-state index contributed by atoms with van der Waals surface area (Å²) in [6.45, 7) is 2.03. The highest BCUT2D eigenvalue weighted by molar-refractivity contribution is 7.47. The van der Waals surface area contributed by atoms with E-state index < -0.39 is 57.9 Å². The number of hydrogen-bond donors (Lipinski definition) is 4. The number of aliphatic hydroxyl groups excluding tert-OH is 3. The van der Waals surface area contributed by atoms with Crippen molar-refractivity contribution in [2.45, 2.75) is 154 Å². The highest BCUT2D eigenvalue weighted by Crippen LogP contribution is 2.43. The molecule has 0 radical (unpaired) electrons. The highest BCUT2D eigenvalue weighted by Gasteiger charge is 2.27. The van der Waals surface area contributed by atoms with Gasteiger partial charge in [-0.1, -0.05) is 143 Å². The fraction of sp³-hybridized carbons (Fsp3) is 0.609. The number of hydrogen-bond acceptors (Lipinski definition) is 10. The van der Waals surface area contributed by atoms with Gasteiger partial charge in [-0.25, -0.2) is 4.57 Å². The molecule has 4 atom stereocenters. The van der Waals surface area contributed by atoms with Crippen molar-refractivity contribution >= 4 is 19.8 Å². The van der Waals surface area contributed by atoms with Crippen LogP contribution in [0.1, 0.15) is 136 Å². The first-order chi connectivity index (χ1) is 28.1. The van der Waals surface area contributed by atoms with Crippen LogP contribution in [-0.2, 0) is 32.7 Å². The molecule has 0 aliphatic carbocycles. The second-order valence-corrected chi connectivity index (χ2v) is 15.3. The summed E-state index contributed by atoms with van der Waals surface area (Å²) in [5, 5.41) is 28.3. The molecule has 58 heavy (non-hydrogen) atoms. The van der Waals surface area contributed by atoms with Gasteiger partial charge in [-0.3, -0.25) is 18.6 Å². The molecule has 0 aromatic heterocycles. The van der Waals surface area contributed by atoms with E-state index in [4.69, 9.17) is 19.1 Å². The number of carbonyl (C=O) groups excluding carboxylic acids is 2. The first-order valence-electron chi connectivity index (χ1n) is 21.3. The van der Waals surface area contributed by atoms with E-state index in [0.717, 1.165) is 64.2 Å². The van der Waals surface area contributed by atoms with Gasteiger partial charge in [0.05, 0.1) is 25.9 Å². The van der Waals surface area contributed by atoms with Gasteiger partial charge in [0.2, 0.25) is 0 Å². The molecule has 2 unspecified atom stereocenters. The molecule has 330 valence electrons. The van der Waals surface area contributed by atoms with Crippen LogP contribution in [0.15, 0.2) is 97.2 Å². The van der Waals surface area contributed by atoms with Gasteiger partial charge in [-0.2, -0.15) is 0 Å². The van der Waals surface area contributed by atoms with Crippen molar-refractivity contribution in [1.82, 2.24) is 0 Å². The predicted octanol–water partition coefficient (Wildman–Crippen LogP) is 10.2. The molecule has 0 aromatic carbocycles. The van der Waals surface area contributed by atoms with Crippen molar-refractivity contribution in [2.24, 2.45) is 0 Å². The summed E-state index contributed by atoms with van der Waals surface area (Å²) < 4.78 is 32.6. The molecule has 12 heteroatoms. The Morgan fingerprint density at radius 3 is 1.84 bits per heavy atom. The zero-order valence-corrected chi connectivity index (χ0v) is 36.2. The lowest BCUT2D eigenvalue weighted by Crippen LogP contribution is -2.29. The highest BCUT2D eigenvalue weighted by atomic mass is 31.2. The van der Waals surface area contributed by atoms with Gasteiger partial charge in [-0.15, -0.1) is 0 Å². The lowest BCUT2D eigenvalue weighted by molar-refractivity contribution is -0.161. The summed E-state index contributed by atoms with van der Waals surface area (Å²) in [4.78, 5) is 34.9. The second-order valence-electron chi connectivity index (χ2n) is 13.8. The number of aliphatic hydroxyl groups is 3. The fourth-order valence-electron chi connectivity index (χ4n) is 5.01. The van der Waals surface area contributed by atoms with Crippen LogP contribution < -0.4 is 0 Å². The van der Waals surface area contributed by atoms with Crippen molar-refractivity contribution < 1.29 is 52.9 Å². The van der Waals surface area contributed by atoms with Crippen LogP contribution in [0.25, 0.3) is 0 Å². The third-order valence-corrected chi connectivity index (χ3v) is 9.27. The van der Waals surface area contributed by atoms with E-state index in [1.54, 1.807) is 6.08 Å². The number of rotatable bonds is 38. The minimum atomic E-state index is -4.66. The Balaban J connectivity index is 4.55. The minimum Gasteiger partial charge on any atom is -0.462 e. The molecule has 4 N–H and O–H groups in total. The molecule has 0 rings (SSSR count). The number of carbonyl (C=O) groups is 2. The van der Waals surface area contributed by atoms with Crippen molar-refractivity contribution in [3.8, 4) is 0 Å². The average molecular weight is 835 g/mol. The first-order valence-corrected chi connectivity index (χ1v) is 22.8. The Morgan fingerprint density at radius 2 is 1.17 bits per heavy atom. The normalized spacial score (nSPS) is 15.3. The van der Waals surface area contributed by atoms with E-state index >= 15 is 0 Å². The summed E-state index contributed by atoms with van der Waals surface area (Å²) in [6, 6.07) is 0. The fourth-order valence-corrected chi connectivity index (χ4v) is 5.80. The first kappa shape index (κ1) is 54.9. The largest absolute Gasteiger partial charge is 0.472 e. The molecule has 11 nitrogen and oxygen atoms in total. The summed E-state index contributed by atoms with van der Waals surface area (Å²) >= 11 is 0. The molecule has 0 saturated carbocycles. The molecule has 0 heterocycles. The second kappa shape index (κ2) is 40.6. The SMILES string of the molecule is CC/C=C\C/C=C\CC(O)/C=C/C=C\C/C=C\C/C=C\CCC(=O)O[C@H](COC(=O)CCCCCCC/C=C\C/C=C\CCCCC)COP(=O)(O)OC[C@@H](O)CO. The van der Waals surface area contributed by atoms with Gasteiger partial charge >= 0.3 is 19.8 Å². The van der Waals surface area contributed by atoms with E-state index in [0.29, 0.717) is 25.7 Å². The lowest BCUT2D eigenvalue weighted by Gasteiger charge is -2.20. The summed E-state index contributed by atoms with van der Waals surface area (Å²) in [5.41, 5.74) is 0. The third-order valence-electron chi connectivity index (χ3n) is 8.32. The van der Waals surface area contributed by atoms with Crippen LogP contribution >= 0.6 is 7.82 Å². The van der Waals surface area contributed by atoms with Crippen molar-refractivity contribution in [3.05, 3.63) is 97.2 Å². The standard InChI is InChI=1S/C46H75O11P/c1-3-5-7-9-11-12-13-14-15-16-17-21-24-28-32-36-45(50)54-40-44(41-56-58(52,53)55-39-43(49)38-47)57-46(51)37-33-29-25-22-19-18-20-23-27-31-35-42(48)34-30-26-10-8-6-4-2/h6,8,11-12,14-15,18-19,23,25-27,29-31,35,42-44,47-49H,3-5,7,9-10,13,16-17,20-22,24,28,32-34,36-41H2,1-2H3,(H,52,53)/b8-6-,12-11-,15-14-,19-18-,27-23-,29-25-,30-26-,35-31+/t42?,43-,44+/m0/s1. The van der Waals surface area contributed by atoms with E-state index in [1.807, 2.05) is 54.7 Å². The van der Waals surface area contributed by atoms with Gasteiger partial charge in [0.25, 0.3) is 0 Å². The number of allylic oxidation sites excluding steroid dienone is 14. The molecule has 0 aliphatic heterocycles. The van der Waals surface area contributed by atoms with Crippen LogP contribution in [0.4, 0.5) is 0 Å². The number of ether oxygens (including phenoxy) is 2.